The van der Waals surface area contributed by atoms with E-state index in [-0.39, 0.29) is 34.8 Å². The Kier molecular flexibility index (Phi) is 5.11. The van der Waals surface area contributed by atoms with Crippen molar-refractivity contribution < 1.29 is 14.6 Å². The molecule has 0 aliphatic rings. The van der Waals surface area contributed by atoms with Crippen molar-refractivity contribution in [3.8, 4) is 11.5 Å². The second kappa shape index (κ2) is 6.38. The lowest BCUT2D eigenvalue weighted by Gasteiger charge is -2.26. The number of benzene rings is 1. The van der Waals surface area contributed by atoms with Gasteiger partial charge in [-0.3, -0.25) is 4.79 Å². The molecule has 5 nitrogen and oxygen atoms in total. The van der Waals surface area contributed by atoms with Crippen molar-refractivity contribution in [2.24, 2.45) is 5.73 Å². The summed E-state index contributed by atoms with van der Waals surface area (Å²) < 4.78 is 4.98. The third-order valence-electron chi connectivity index (χ3n) is 2.65. The molecule has 19 heavy (non-hydrogen) atoms. The van der Waals surface area contributed by atoms with Crippen LogP contribution in [0.25, 0.3) is 0 Å². The topological polar surface area (TPSA) is 75.8 Å². The average molecular weight is 282 g/mol. The number of hydrogen-bond donors (Lipinski definition) is 2. The van der Waals surface area contributed by atoms with Gasteiger partial charge in [0, 0.05) is 12.1 Å². The van der Waals surface area contributed by atoms with Crippen molar-refractivity contribution in [2.45, 2.75) is 19.9 Å². The molecule has 0 saturated heterocycles. The summed E-state index contributed by atoms with van der Waals surface area (Å²) in [5.74, 6) is 0.0420. The van der Waals surface area contributed by atoms with E-state index in [2.05, 4.69) is 0 Å². The number of carbonyl (C=O) groups excluding carboxylic acids is 1. The van der Waals surface area contributed by atoms with Crippen molar-refractivity contribution in [1.82, 2.24) is 4.90 Å². The van der Waals surface area contributed by atoms with Crippen LogP contribution in [0.4, 0.5) is 0 Å². The van der Waals surface area contributed by atoms with E-state index in [1.807, 2.05) is 13.8 Å². The summed E-state index contributed by atoms with van der Waals surface area (Å²) in [5.41, 5.74) is 5.69. The van der Waals surface area contributed by atoms with Gasteiger partial charge < -0.3 is 20.5 Å². The predicted molar refractivity (Wildman–Crippen MR) is 77.6 cm³/mol. The molecule has 0 unspecified atom stereocenters. The molecule has 0 bridgehead atoms. The van der Waals surface area contributed by atoms with E-state index in [1.165, 1.54) is 24.1 Å². The fourth-order valence-corrected chi connectivity index (χ4v) is 1.77. The van der Waals surface area contributed by atoms with Crippen LogP contribution in [-0.2, 0) is 0 Å². The third-order valence-corrected chi connectivity index (χ3v) is 2.77. The van der Waals surface area contributed by atoms with Gasteiger partial charge in [-0.05, 0) is 26.0 Å². The predicted octanol–water partition coefficient (Wildman–Crippen LogP) is 1.54. The molecule has 1 rings (SSSR count). The summed E-state index contributed by atoms with van der Waals surface area (Å²) in [6, 6.07) is 4.46. The van der Waals surface area contributed by atoms with Crippen LogP contribution in [0.3, 0.4) is 0 Å². The van der Waals surface area contributed by atoms with E-state index < -0.39 is 0 Å². The number of ether oxygens (including phenoxy) is 1. The van der Waals surface area contributed by atoms with Crippen LogP contribution in [0.1, 0.15) is 24.2 Å². The molecule has 0 atom stereocenters. The van der Waals surface area contributed by atoms with Gasteiger partial charge in [0.25, 0.3) is 5.91 Å². The van der Waals surface area contributed by atoms with Gasteiger partial charge in [0.15, 0.2) is 0 Å². The summed E-state index contributed by atoms with van der Waals surface area (Å²) >= 11 is 4.83. The van der Waals surface area contributed by atoms with Gasteiger partial charge in [-0.2, -0.15) is 0 Å². The van der Waals surface area contributed by atoms with E-state index in [4.69, 9.17) is 22.7 Å². The van der Waals surface area contributed by atoms with E-state index in [1.54, 1.807) is 6.07 Å². The minimum absolute atomic E-state index is 0.0736. The molecule has 0 aliphatic heterocycles. The van der Waals surface area contributed by atoms with Crippen LogP contribution in [-0.4, -0.2) is 40.6 Å². The zero-order chi connectivity index (χ0) is 14.6. The minimum atomic E-state index is -0.317. The fourth-order valence-electron chi connectivity index (χ4n) is 1.63. The van der Waals surface area contributed by atoms with Crippen molar-refractivity contribution in [2.75, 3.05) is 13.7 Å². The lowest BCUT2D eigenvalue weighted by Crippen LogP contribution is -2.42. The molecule has 3 N–H and O–H groups in total. The molecule has 0 saturated carbocycles. The van der Waals surface area contributed by atoms with Crippen LogP contribution >= 0.6 is 12.2 Å². The Hall–Kier alpha value is -1.82. The number of nitrogens with two attached hydrogens (primary N) is 1. The summed E-state index contributed by atoms with van der Waals surface area (Å²) in [5, 5.41) is 9.87. The molecule has 1 aromatic carbocycles. The summed E-state index contributed by atoms with van der Waals surface area (Å²) in [4.78, 5) is 14.1. The summed E-state index contributed by atoms with van der Waals surface area (Å²) in [7, 11) is 1.49. The van der Waals surface area contributed by atoms with Gasteiger partial charge in [-0.15, -0.1) is 0 Å². The second-order valence-corrected chi connectivity index (χ2v) is 4.90. The van der Waals surface area contributed by atoms with E-state index in [0.717, 1.165) is 0 Å². The minimum Gasteiger partial charge on any atom is -0.507 e. The lowest BCUT2D eigenvalue weighted by molar-refractivity contribution is 0.0733. The highest BCUT2D eigenvalue weighted by Crippen LogP contribution is 2.25. The molecule has 1 amide bonds. The molecule has 0 heterocycles. The number of nitrogens with zero attached hydrogens (tertiary/aromatic N) is 1. The monoisotopic (exact) mass is 282 g/mol. The van der Waals surface area contributed by atoms with Crippen LogP contribution in [0, 0.1) is 0 Å². The first-order chi connectivity index (χ1) is 8.86. The Balaban J connectivity index is 3.06. The van der Waals surface area contributed by atoms with Gasteiger partial charge in [-0.25, -0.2) is 0 Å². The molecular weight excluding hydrogens is 264 g/mol. The first-order valence-electron chi connectivity index (χ1n) is 5.83. The Morgan fingerprint density at radius 1 is 1.53 bits per heavy atom. The largest absolute Gasteiger partial charge is 0.507 e. The smallest absolute Gasteiger partial charge is 0.258 e. The number of carbonyl (C=O) groups is 1. The maximum atomic E-state index is 12.4. The Labute approximate surface area is 118 Å². The number of amides is 1. The van der Waals surface area contributed by atoms with Crippen LogP contribution < -0.4 is 10.5 Å². The number of methoxy groups -OCH3 is 1. The maximum absolute atomic E-state index is 12.4. The van der Waals surface area contributed by atoms with Gasteiger partial charge in [-0.1, -0.05) is 12.2 Å². The molecule has 0 fully saturated rings. The number of hydrogen-bond acceptors (Lipinski definition) is 4. The lowest BCUT2D eigenvalue weighted by atomic mass is 10.1. The van der Waals surface area contributed by atoms with Crippen molar-refractivity contribution in [3.05, 3.63) is 23.8 Å². The molecule has 0 aliphatic carbocycles. The molecule has 0 aromatic heterocycles. The standard InChI is InChI=1S/C13H18N2O3S/c1-8(2)15(7-12(14)19)13(17)10-5-4-9(18-3)6-11(10)16/h4-6,8,16H,7H2,1-3H3,(H2,14,19). The zero-order valence-corrected chi connectivity index (χ0v) is 12.0. The van der Waals surface area contributed by atoms with Gasteiger partial charge in [0.2, 0.25) is 0 Å². The van der Waals surface area contributed by atoms with Gasteiger partial charge in [0.05, 0.1) is 24.2 Å². The summed E-state index contributed by atoms with van der Waals surface area (Å²) in [6.07, 6.45) is 0. The van der Waals surface area contributed by atoms with Crippen LogP contribution in [0.15, 0.2) is 18.2 Å². The van der Waals surface area contributed by atoms with Crippen molar-refractivity contribution >= 4 is 23.1 Å². The average Bonchev–Trinajstić information content (AvgIpc) is 2.34. The van der Waals surface area contributed by atoms with Crippen LogP contribution in [0.2, 0.25) is 0 Å². The number of phenols is 1. The molecular formula is C13H18N2O3S. The van der Waals surface area contributed by atoms with Gasteiger partial charge >= 0.3 is 0 Å². The van der Waals surface area contributed by atoms with E-state index in [0.29, 0.717) is 5.75 Å². The molecule has 6 heteroatoms. The quantitative estimate of drug-likeness (QED) is 0.801. The fraction of sp³-hybridized carbons (Fsp3) is 0.385. The second-order valence-electron chi connectivity index (χ2n) is 4.38. The normalized spacial score (nSPS) is 10.3. The molecule has 0 radical (unpaired) electrons. The Morgan fingerprint density at radius 2 is 2.16 bits per heavy atom. The highest BCUT2D eigenvalue weighted by atomic mass is 32.1. The Bertz CT molecular complexity index is 489. The number of thiocarbonyl (C=S) groups is 1. The Morgan fingerprint density at radius 3 is 2.58 bits per heavy atom. The maximum Gasteiger partial charge on any atom is 0.258 e. The number of aromatic hydroxyl groups is 1. The van der Waals surface area contributed by atoms with Crippen LogP contribution in [0.5, 0.6) is 11.5 Å². The van der Waals surface area contributed by atoms with E-state index in [9.17, 15) is 9.90 Å². The number of rotatable bonds is 5. The SMILES string of the molecule is COc1ccc(C(=O)N(CC(N)=S)C(C)C)c(O)c1. The highest BCUT2D eigenvalue weighted by molar-refractivity contribution is 7.80. The van der Waals surface area contributed by atoms with Gasteiger partial charge in [0.1, 0.15) is 11.5 Å². The molecule has 104 valence electrons. The summed E-state index contributed by atoms with van der Waals surface area (Å²) in [6.45, 7) is 3.89. The first-order valence-corrected chi connectivity index (χ1v) is 6.24. The first kappa shape index (κ1) is 15.2. The van der Waals surface area contributed by atoms with Crippen molar-refractivity contribution in [3.63, 3.8) is 0 Å². The number of phenolic OH excluding ortho intramolecular Hbond substituents is 1. The molecule has 0 spiro atoms. The van der Waals surface area contributed by atoms with Crippen molar-refractivity contribution in [1.29, 1.82) is 0 Å². The third kappa shape index (κ3) is 3.82. The van der Waals surface area contributed by atoms with E-state index >= 15 is 0 Å². The zero-order valence-electron chi connectivity index (χ0n) is 11.2. The molecule has 1 aromatic rings. The highest BCUT2D eigenvalue weighted by Gasteiger charge is 2.22.